The second-order valence-electron chi connectivity index (χ2n) is 4.93. The largest absolute Gasteiger partial charge is 0.328 e. The standard InChI is InChI=1S/C14H24N/c1-4-12-15(2,3)13-11-14-9-7-5-6-8-10-14/h5-7,9-10H,4,8,11-13H2,1-3H3/q+1. The fraction of sp³-hybridized carbons (Fsp3) is 0.571. The minimum Gasteiger partial charge on any atom is -0.328 e. The van der Waals surface area contributed by atoms with Crippen LogP contribution in [0.25, 0.3) is 0 Å². The van der Waals surface area contributed by atoms with Gasteiger partial charge in [0, 0.05) is 6.42 Å². The van der Waals surface area contributed by atoms with Crippen molar-refractivity contribution in [2.45, 2.75) is 26.2 Å². The van der Waals surface area contributed by atoms with Gasteiger partial charge in [-0.15, -0.1) is 0 Å². The third-order valence-corrected chi connectivity index (χ3v) is 2.91. The molecule has 0 saturated heterocycles. The summed E-state index contributed by atoms with van der Waals surface area (Å²) in [4.78, 5) is 0. The molecule has 0 aliphatic heterocycles. The highest BCUT2D eigenvalue weighted by Crippen LogP contribution is 2.12. The fourth-order valence-corrected chi connectivity index (χ4v) is 1.96. The lowest BCUT2D eigenvalue weighted by molar-refractivity contribution is -0.890. The van der Waals surface area contributed by atoms with Gasteiger partial charge in [-0.3, -0.25) is 0 Å². The summed E-state index contributed by atoms with van der Waals surface area (Å²) in [5.74, 6) is 0. The molecule has 0 fully saturated rings. The van der Waals surface area contributed by atoms with Gasteiger partial charge in [-0.25, -0.2) is 0 Å². The number of hydrogen-bond acceptors (Lipinski definition) is 0. The molecule has 0 radical (unpaired) electrons. The van der Waals surface area contributed by atoms with Crippen molar-refractivity contribution in [2.24, 2.45) is 0 Å². The van der Waals surface area contributed by atoms with Crippen molar-refractivity contribution >= 4 is 0 Å². The number of nitrogens with zero attached hydrogens (tertiary/aromatic N) is 1. The van der Waals surface area contributed by atoms with Crippen molar-refractivity contribution in [3.8, 4) is 0 Å². The van der Waals surface area contributed by atoms with Gasteiger partial charge in [0.25, 0.3) is 0 Å². The summed E-state index contributed by atoms with van der Waals surface area (Å²) in [7, 11) is 4.64. The Morgan fingerprint density at radius 2 is 2.00 bits per heavy atom. The lowest BCUT2D eigenvalue weighted by Gasteiger charge is -2.29. The maximum atomic E-state index is 2.34. The minimum absolute atomic E-state index is 1.09. The molecule has 84 valence electrons. The SMILES string of the molecule is CCC[N+](C)(C)CCC1=CCC=CC=C1. The predicted molar refractivity (Wildman–Crippen MR) is 67.7 cm³/mol. The molecular formula is C14H24N+. The molecule has 0 N–H and O–H groups in total. The Bertz CT molecular complexity index is 269. The van der Waals surface area contributed by atoms with Gasteiger partial charge in [0.1, 0.15) is 0 Å². The highest BCUT2D eigenvalue weighted by molar-refractivity contribution is 5.26. The van der Waals surface area contributed by atoms with Gasteiger partial charge in [-0.05, 0) is 18.4 Å². The predicted octanol–water partition coefficient (Wildman–Crippen LogP) is 3.31. The van der Waals surface area contributed by atoms with Crippen LogP contribution in [0.15, 0.2) is 36.0 Å². The van der Waals surface area contributed by atoms with E-state index in [1.54, 1.807) is 0 Å². The van der Waals surface area contributed by atoms with Gasteiger partial charge in [0.15, 0.2) is 0 Å². The van der Waals surface area contributed by atoms with Crippen molar-refractivity contribution < 1.29 is 4.48 Å². The highest BCUT2D eigenvalue weighted by Gasteiger charge is 2.13. The Morgan fingerprint density at radius 3 is 2.73 bits per heavy atom. The fourth-order valence-electron chi connectivity index (χ4n) is 1.96. The first-order valence-electron chi connectivity index (χ1n) is 5.98. The third kappa shape index (κ3) is 4.98. The van der Waals surface area contributed by atoms with Gasteiger partial charge in [-0.1, -0.05) is 37.3 Å². The normalized spacial score (nSPS) is 16.3. The molecule has 1 nitrogen and oxygen atoms in total. The van der Waals surface area contributed by atoms with E-state index in [0.29, 0.717) is 0 Å². The molecule has 1 rings (SSSR count). The zero-order chi connectivity index (χ0) is 11.1. The van der Waals surface area contributed by atoms with Crippen LogP contribution in [0.5, 0.6) is 0 Å². The third-order valence-electron chi connectivity index (χ3n) is 2.91. The van der Waals surface area contributed by atoms with Crippen LogP contribution in [0.4, 0.5) is 0 Å². The van der Waals surface area contributed by atoms with Gasteiger partial charge >= 0.3 is 0 Å². The first kappa shape index (κ1) is 12.3. The second kappa shape index (κ2) is 5.92. The molecule has 0 aromatic rings. The highest BCUT2D eigenvalue weighted by atomic mass is 15.3. The molecule has 0 saturated carbocycles. The van der Waals surface area contributed by atoms with E-state index in [1.807, 2.05) is 0 Å². The number of hydrogen-bond donors (Lipinski definition) is 0. The summed E-state index contributed by atoms with van der Waals surface area (Å²) in [5, 5.41) is 0. The summed E-state index contributed by atoms with van der Waals surface area (Å²) in [6.45, 7) is 4.77. The Balaban J connectivity index is 2.39. The van der Waals surface area contributed by atoms with E-state index in [-0.39, 0.29) is 0 Å². The average molecular weight is 206 g/mol. The maximum Gasteiger partial charge on any atom is 0.0823 e. The van der Waals surface area contributed by atoms with E-state index < -0.39 is 0 Å². The Morgan fingerprint density at radius 1 is 1.20 bits per heavy atom. The second-order valence-corrected chi connectivity index (χ2v) is 4.93. The molecule has 0 bridgehead atoms. The molecule has 0 heterocycles. The van der Waals surface area contributed by atoms with E-state index in [0.717, 1.165) is 10.9 Å². The van der Waals surface area contributed by atoms with Gasteiger partial charge < -0.3 is 4.48 Å². The molecular weight excluding hydrogens is 182 g/mol. The number of allylic oxidation sites excluding steroid dienone is 5. The van der Waals surface area contributed by atoms with E-state index >= 15 is 0 Å². The van der Waals surface area contributed by atoms with Gasteiger partial charge in [0.2, 0.25) is 0 Å². The molecule has 0 unspecified atom stereocenters. The quantitative estimate of drug-likeness (QED) is 0.605. The van der Waals surface area contributed by atoms with Crippen molar-refractivity contribution in [1.82, 2.24) is 0 Å². The molecule has 15 heavy (non-hydrogen) atoms. The molecule has 1 aliphatic rings. The lowest BCUT2D eigenvalue weighted by Crippen LogP contribution is -2.41. The van der Waals surface area contributed by atoms with E-state index in [2.05, 4.69) is 51.4 Å². The molecule has 1 heteroatoms. The van der Waals surface area contributed by atoms with Crippen molar-refractivity contribution in [1.29, 1.82) is 0 Å². The van der Waals surface area contributed by atoms with Crippen molar-refractivity contribution in [2.75, 3.05) is 27.2 Å². The van der Waals surface area contributed by atoms with Crippen molar-refractivity contribution in [3.05, 3.63) is 36.0 Å². The molecule has 0 amide bonds. The smallest absolute Gasteiger partial charge is 0.0823 e. The Labute approximate surface area is 94.4 Å². The minimum atomic E-state index is 1.09. The summed E-state index contributed by atoms with van der Waals surface area (Å²) < 4.78 is 1.13. The van der Waals surface area contributed by atoms with Crippen LogP contribution in [0, 0.1) is 0 Å². The van der Waals surface area contributed by atoms with E-state index in [4.69, 9.17) is 0 Å². The first-order valence-corrected chi connectivity index (χ1v) is 5.98. The topological polar surface area (TPSA) is 0 Å². The molecule has 0 atom stereocenters. The van der Waals surface area contributed by atoms with Crippen LogP contribution in [0.2, 0.25) is 0 Å². The number of quaternary nitrogens is 1. The van der Waals surface area contributed by atoms with Crippen LogP contribution in [0.1, 0.15) is 26.2 Å². The van der Waals surface area contributed by atoms with Crippen LogP contribution < -0.4 is 0 Å². The monoisotopic (exact) mass is 206 g/mol. The molecule has 0 aromatic carbocycles. The summed E-state index contributed by atoms with van der Waals surface area (Å²) >= 11 is 0. The summed E-state index contributed by atoms with van der Waals surface area (Å²) in [6, 6.07) is 0. The van der Waals surface area contributed by atoms with Gasteiger partial charge in [0.05, 0.1) is 27.2 Å². The van der Waals surface area contributed by atoms with Crippen LogP contribution >= 0.6 is 0 Å². The molecule has 0 spiro atoms. The average Bonchev–Trinajstić information content (AvgIpc) is 2.43. The summed E-state index contributed by atoms with van der Waals surface area (Å²) in [5.41, 5.74) is 1.49. The Kier molecular flexibility index (Phi) is 4.83. The molecule has 1 aliphatic carbocycles. The summed E-state index contributed by atoms with van der Waals surface area (Å²) in [6.07, 6.45) is 14.6. The maximum absolute atomic E-state index is 2.34. The van der Waals surface area contributed by atoms with Crippen LogP contribution in [0.3, 0.4) is 0 Å². The zero-order valence-electron chi connectivity index (χ0n) is 10.4. The first-order chi connectivity index (χ1) is 7.14. The zero-order valence-corrected chi connectivity index (χ0v) is 10.4. The Hall–Kier alpha value is -0.820. The van der Waals surface area contributed by atoms with E-state index in [1.165, 1.54) is 31.5 Å². The van der Waals surface area contributed by atoms with E-state index in [9.17, 15) is 0 Å². The van der Waals surface area contributed by atoms with Crippen LogP contribution in [-0.2, 0) is 0 Å². The van der Waals surface area contributed by atoms with Crippen molar-refractivity contribution in [3.63, 3.8) is 0 Å². The lowest BCUT2D eigenvalue weighted by atomic mass is 10.1. The molecule has 0 aromatic heterocycles. The van der Waals surface area contributed by atoms with Crippen LogP contribution in [-0.4, -0.2) is 31.7 Å². The van der Waals surface area contributed by atoms with Gasteiger partial charge in [-0.2, -0.15) is 0 Å². The number of rotatable bonds is 5.